The van der Waals surface area contributed by atoms with Gasteiger partial charge in [0.15, 0.2) is 5.82 Å². The molecule has 1 aliphatic heterocycles. The van der Waals surface area contributed by atoms with Crippen LogP contribution in [0.2, 0.25) is 13.1 Å². The Morgan fingerprint density at radius 3 is 2.02 bits per heavy atom. The van der Waals surface area contributed by atoms with Gasteiger partial charge in [-0.1, -0.05) is 116 Å². The Kier molecular flexibility index (Phi) is 5.41. The number of fused-ring (bicyclic) bond motifs is 9. The summed E-state index contributed by atoms with van der Waals surface area (Å²) in [6, 6.07) is 49.3. The monoisotopic (exact) mass is 619 g/mol. The molecule has 10 rings (SSSR count). The van der Waals surface area contributed by atoms with Crippen LogP contribution in [-0.2, 0) is 0 Å². The molecule has 9 aromatic rings. The SMILES string of the molecule is C[Si]1(C)c2ccccc2-c2nc(-c3cccc4c3c3ccccc3n4-c3ccccc3)nc(-c3cccc4c3oc3ccccc34)c21. The third kappa shape index (κ3) is 3.63. The molecule has 0 bridgehead atoms. The standard InChI is InChI=1S/C42H29N3OSi/c1-47(2)36-25-11-8-18-30(36)38-41(47)39(32-21-12-19-28-27-16-7-10-24-35(27)46-40(28)32)44-42(43-38)31-20-13-23-34-37(31)29-17-6-9-22-33(29)45(34)26-14-4-3-5-15-26/h3-25H,1-2H3. The zero-order valence-electron chi connectivity index (χ0n) is 26.0. The molecule has 0 aliphatic carbocycles. The molecule has 0 radical (unpaired) electrons. The lowest BCUT2D eigenvalue weighted by molar-refractivity contribution is 0.670. The molecular weight excluding hydrogens is 591 g/mol. The summed E-state index contributed by atoms with van der Waals surface area (Å²) >= 11 is 0. The van der Waals surface area contributed by atoms with E-state index in [0.29, 0.717) is 0 Å². The predicted octanol–water partition coefficient (Wildman–Crippen LogP) is 9.61. The average Bonchev–Trinajstić information content (AvgIpc) is 3.74. The average molecular weight is 620 g/mol. The van der Waals surface area contributed by atoms with E-state index in [1.165, 1.54) is 21.3 Å². The molecule has 0 fully saturated rings. The Balaban J connectivity index is 1.33. The lowest BCUT2D eigenvalue weighted by atomic mass is 10.0. The van der Waals surface area contributed by atoms with Crippen molar-refractivity contribution in [3.8, 4) is 39.6 Å². The van der Waals surface area contributed by atoms with Gasteiger partial charge >= 0.3 is 0 Å². The lowest BCUT2D eigenvalue weighted by Crippen LogP contribution is -2.50. The highest BCUT2D eigenvalue weighted by Gasteiger charge is 2.42. The Morgan fingerprint density at radius 1 is 0.532 bits per heavy atom. The Bertz CT molecular complexity index is 2720. The first kappa shape index (κ1) is 26.4. The van der Waals surface area contributed by atoms with Crippen molar-refractivity contribution < 1.29 is 4.42 Å². The van der Waals surface area contributed by atoms with E-state index in [2.05, 4.69) is 145 Å². The van der Waals surface area contributed by atoms with Crippen LogP contribution < -0.4 is 10.4 Å². The van der Waals surface area contributed by atoms with Crippen LogP contribution >= 0.6 is 0 Å². The molecule has 6 aromatic carbocycles. The number of benzene rings is 6. The van der Waals surface area contributed by atoms with Crippen molar-refractivity contribution in [3.63, 3.8) is 0 Å². The zero-order chi connectivity index (χ0) is 31.3. The van der Waals surface area contributed by atoms with Crippen LogP contribution in [0.25, 0.3) is 83.3 Å². The largest absolute Gasteiger partial charge is 0.455 e. The van der Waals surface area contributed by atoms with E-state index in [9.17, 15) is 0 Å². The number of hydrogen-bond acceptors (Lipinski definition) is 3. The molecule has 3 aromatic heterocycles. The summed E-state index contributed by atoms with van der Waals surface area (Å²) in [6.45, 7) is 4.86. The van der Waals surface area contributed by atoms with Gasteiger partial charge in [0.05, 0.1) is 22.4 Å². The van der Waals surface area contributed by atoms with Gasteiger partial charge in [-0.2, -0.15) is 0 Å². The first-order chi connectivity index (χ1) is 23.1. The first-order valence-corrected chi connectivity index (χ1v) is 19.1. The van der Waals surface area contributed by atoms with Gasteiger partial charge in [-0.15, -0.1) is 0 Å². The summed E-state index contributed by atoms with van der Waals surface area (Å²) in [4.78, 5) is 11.1. The second-order valence-electron chi connectivity index (χ2n) is 13.0. The van der Waals surface area contributed by atoms with Gasteiger partial charge in [0.25, 0.3) is 0 Å². The summed E-state index contributed by atoms with van der Waals surface area (Å²) < 4.78 is 8.97. The van der Waals surface area contributed by atoms with Crippen LogP contribution in [0, 0.1) is 0 Å². The van der Waals surface area contributed by atoms with E-state index in [1.54, 1.807) is 0 Å². The van der Waals surface area contributed by atoms with Gasteiger partial charge in [-0.25, -0.2) is 9.97 Å². The summed E-state index contributed by atoms with van der Waals surface area (Å²) in [5.74, 6) is 0.731. The molecule has 0 atom stereocenters. The van der Waals surface area contributed by atoms with Crippen molar-refractivity contribution in [1.82, 2.24) is 14.5 Å². The molecule has 0 spiro atoms. The van der Waals surface area contributed by atoms with Gasteiger partial charge < -0.3 is 8.98 Å². The highest BCUT2D eigenvalue weighted by atomic mass is 28.3. The Hall–Kier alpha value is -5.78. The molecular formula is C42H29N3OSi. The molecule has 0 amide bonds. The van der Waals surface area contributed by atoms with Crippen molar-refractivity contribution in [1.29, 1.82) is 0 Å². The fourth-order valence-corrected chi connectivity index (χ4v) is 11.1. The van der Waals surface area contributed by atoms with Crippen molar-refractivity contribution in [3.05, 3.63) is 140 Å². The molecule has 5 heteroatoms. The number of rotatable bonds is 3. The number of furan rings is 1. The van der Waals surface area contributed by atoms with Crippen LogP contribution in [0.3, 0.4) is 0 Å². The molecule has 4 nitrogen and oxygen atoms in total. The van der Waals surface area contributed by atoms with E-state index in [-0.39, 0.29) is 0 Å². The second-order valence-corrected chi connectivity index (χ2v) is 17.2. The molecule has 0 N–H and O–H groups in total. The van der Waals surface area contributed by atoms with Crippen molar-refractivity contribution >= 4 is 62.2 Å². The maximum absolute atomic E-state index is 6.62. The summed E-state index contributed by atoms with van der Waals surface area (Å²) in [7, 11) is -2.17. The Labute approximate surface area is 272 Å². The van der Waals surface area contributed by atoms with Crippen LogP contribution in [0.15, 0.2) is 144 Å². The van der Waals surface area contributed by atoms with E-state index >= 15 is 0 Å². The molecule has 47 heavy (non-hydrogen) atoms. The van der Waals surface area contributed by atoms with Crippen LogP contribution in [-0.4, -0.2) is 22.6 Å². The third-order valence-electron chi connectivity index (χ3n) is 10.0. The number of aromatic nitrogens is 3. The van der Waals surface area contributed by atoms with Crippen molar-refractivity contribution in [2.24, 2.45) is 0 Å². The maximum atomic E-state index is 6.62. The van der Waals surface area contributed by atoms with Crippen molar-refractivity contribution in [2.75, 3.05) is 0 Å². The molecule has 1 aliphatic rings. The van der Waals surface area contributed by atoms with Crippen LogP contribution in [0.1, 0.15) is 0 Å². The van der Waals surface area contributed by atoms with Crippen LogP contribution in [0.5, 0.6) is 0 Å². The third-order valence-corrected chi connectivity index (χ3v) is 13.5. The maximum Gasteiger partial charge on any atom is 0.161 e. The van der Waals surface area contributed by atoms with Gasteiger partial charge in [-0.05, 0) is 52.3 Å². The molecule has 222 valence electrons. The molecule has 0 saturated carbocycles. The van der Waals surface area contributed by atoms with Gasteiger partial charge in [0.1, 0.15) is 19.2 Å². The van der Waals surface area contributed by atoms with Gasteiger partial charge in [-0.3, -0.25) is 0 Å². The number of para-hydroxylation sites is 4. The summed E-state index contributed by atoms with van der Waals surface area (Å²) in [5, 5.41) is 7.24. The van der Waals surface area contributed by atoms with E-state index in [0.717, 1.165) is 72.4 Å². The minimum atomic E-state index is -2.17. The fourth-order valence-electron chi connectivity index (χ4n) is 7.93. The lowest BCUT2D eigenvalue weighted by Gasteiger charge is -2.21. The summed E-state index contributed by atoms with van der Waals surface area (Å²) in [5.41, 5.74) is 10.5. The molecule has 0 saturated heterocycles. The highest BCUT2D eigenvalue weighted by Crippen LogP contribution is 2.41. The zero-order valence-corrected chi connectivity index (χ0v) is 27.0. The first-order valence-electron chi connectivity index (χ1n) is 16.1. The second kappa shape index (κ2) is 9.61. The number of nitrogens with zero attached hydrogens (tertiary/aromatic N) is 3. The van der Waals surface area contributed by atoms with Gasteiger partial charge in [0, 0.05) is 38.4 Å². The minimum Gasteiger partial charge on any atom is -0.455 e. The normalized spacial score (nSPS) is 13.5. The number of hydrogen-bond donors (Lipinski definition) is 0. The smallest absolute Gasteiger partial charge is 0.161 e. The molecule has 4 heterocycles. The minimum absolute atomic E-state index is 0.731. The van der Waals surface area contributed by atoms with Crippen molar-refractivity contribution in [2.45, 2.75) is 13.1 Å². The Morgan fingerprint density at radius 2 is 1.15 bits per heavy atom. The quantitative estimate of drug-likeness (QED) is 0.185. The van der Waals surface area contributed by atoms with E-state index in [4.69, 9.17) is 14.4 Å². The summed E-state index contributed by atoms with van der Waals surface area (Å²) in [6.07, 6.45) is 0. The van der Waals surface area contributed by atoms with E-state index < -0.39 is 8.07 Å². The highest BCUT2D eigenvalue weighted by molar-refractivity contribution is 7.04. The van der Waals surface area contributed by atoms with Crippen LogP contribution in [0.4, 0.5) is 0 Å². The molecule has 0 unspecified atom stereocenters. The van der Waals surface area contributed by atoms with Gasteiger partial charge in [0.2, 0.25) is 0 Å². The van der Waals surface area contributed by atoms with E-state index in [1.807, 2.05) is 12.1 Å². The predicted molar refractivity (Wildman–Crippen MR) is 197 cm³/mol. The fraction of sp³-hybridized carbons (Fsp3) is 0.0476. The topological polar surface area (TPSA) is 43.9 Å².